The van der Waals surface area contributed by atoms with Crippen LogP contribution in [0.1, 0.15) is 12.8 Å². The third-order valence-corrected chi connectivity index (χ3v) is 3.24. The second-order valence-electron chi connectivity index (χ2n) is 4.42. The fraction of sp³-hybridized carbons (Fsp3) is 0.833. The third kappa shape index (κ3) is 13.3. The van der Waals surface area contributed by atoms with Crippen LogP contribution in [-0.2, 0) is 4.79 Å². The van der Waals surface area contributed by atoms with Crippen molar-refractivity contribution in [2.75, 3.05) is 45.7 Å². The van der Waals surface area contributed by atoms with Crippen LogP contribution >= 0.6 is 35.7 Å². The summed E-state index contributed by atoms with van der Waals surface area (Å²) in [4.78, 5) is 16.1. The van der Waals surface area contributed by atoms with Gasteiger partial charge in [0.25, 0.3) is 0 Å². The number of aliphatic imine (C=N–C) groups is 1. The summed E-state index contributed by atoms with van der Waals surface area (Å²) in [6.07, 6.45) is -0.319. The van der Waals surface area contributed by atoms with Crippen molar-refractivity contribution in [3.8, 4) is 0 Å². The molecule has 0 fully saturated rings. The van der Waals surface area contributed by atoms with Gasteiger partial charge in [0.2, 0.25) is 5.91 Å². The van der Waals surface area contributed by atoms with Crippen LogP contribution < -0.4 is 10.6 Å². The number of hydrogen-bond acceptors (Lipinski definition) is 3. The first-order valence-corrected chi connectivity index (χ1v) is 7.93. The molecule has 0 unspecified atom stereocenters. The number of carbonyl (C=O) groups excluding carboxylic acids is 1. The number of amides is 1. The van der Waals surface area contributed by atoms with Gasteiger partial charge < -0.3 is 15.5 Å². The predicted octanol–water partition coefficient (Wildman–Crippen LogP) is 1.93. The summed E-state index contributed by atoms with van der Waals surface area (Å²) in [5, 5.41) is 5.71. The molecule has 0 aliphatic carbocycles. The highest BCUT2D eigenvalue weighted by Gasteiger charge is 2.31. The number of nitrogens with zero attached hydrogens (tertiary/aromatic N) is 2. The Hall–Kier alpha value is -0.390. The van der Waals surface area contributed by atoms with E-state index in [0.29, 0.717) is 17.4 Å². The van der Waals surface area contributed by atoms with E-state index in [4.69, 9.17) is 0 Å². The van der Waals surface area contributed by atoms with Crippen LogP contribution in [0.2, 0.25) is 0 Å². The minimum Gasteiger partial charge on any atom is -0.356 e. The summed E-state index contributed by atoms with van der Waals surface area (Å²) in [7, 11) is 2.66. The molecule has 0 radical (unpaired) electrons. The zero-order valence-corrected chi connectivity index (χ0v) is 16.1. The van der Waals surface area contributed by atoms with Crippen molar-refractivity contribution in [2.45, 2.75) is 19.0 Å². The second kappa shape index (κ2) is 13.1. The van der Waals surface area contributed by atoms with Crippen molar-refractivity contribution in [1.29, 1.82) is 0 Å². The van der Waals surface area contributed by atoms with E-state index in [1.807, 2.05) is 6.26 Å². The predicted molar refractivity (Wildman–Crippen MR) is 96.1 cm³/mol. The number of nitrogens with one attached hydrogen (secondary N) is 2. The van der Waals surface area contributed by atoms with Crippen molar-refractivity contribution in [3.05, 3.63) is 0 Å². The van der Waals surface area contributed by atoms with E-state index < -0.39 is 18.6 Å². The van der Waals surface area contributed by atoms with Crippen LogP contribution in [0.3, 0.4) is 0 Å². The molecule has 0 aromatic rings. The van der Waals surface area contributed by atoms with Gasteiger partial charge in [-0.1, -0.05) is 0 Å². The quantitative estimate of drug-likeness (QED) is 0.254. The summed E-state index contributed by atoms with van der Waals surface area (Å²) in [6, 6.07) is 0. The first kappa shape index (κ1) is 23.9. The Balaban J connectivity index is 0. The molecule has 132 valence electrons. The molecule has 0 bridgehead atoms. The number of likely N-dealkylation sites (N-methyl/N-ethyl adjacent to an activating group) is 1. The standard InChI is InChI=1S/C12H23F3N4OS.HI/c1-16-11(17-6-4-5-7-21-3)18-8-10(20)19(2)9-12(13,14)15;/h4-9H2,1-3H3,(H2,16,17,18);1H. The smallest absolute Gasteiger partial charge is 0.356 e. The summed E-state index contributed by atoms with van der Waals surface area (Å²) in [6.45, 7) is -0.780. The van der Waals surface area contributed by atoms with Crippen molar-refractivity contribution in [3.63, 3.8) is 0 Å². The van der Waals surface area contributed by atoms with E-state index in [0.717, 1.165) is 25.6 Å². The normalized spacial score (nSPS) is 11.6. The number of rotatable bonds is 8. The van der Waals surface area contributed by atoms with E-state index in [1.54, 1.807) is 18.8 Å². The van der Waals surface area contributed by atoms with Gasteiger partial charge in [0.1, 0.15) is 6.54 Å². The van der Waals surface area contributed by atoms with Gasteiger partial charge in [0.15, 0.2) is 5.96 Å². The Kier molecular flexibility index (Phi) is 14.2. The molecule has 1 amide bonds. The highest BCUT2D eigenvalue weighted by atomic mass is 127. The summed E-state index contributed by atoms with van der Waals surface area (Å²) in [5.74, 6) is 0.847. The van der Waals surface area contributed by atoms with Gasteiger partial charge >= 0.3 is 6.18 Å². The molecule has 0 aromatic heterocycles. The van der Waals surface area contributed by atoms with Gasteiger partial charge in [0, 0.05) is 20.6 Å². The van der Waals surface area contributed by atoms with E-state index in [-0.39, 0.29) is 30.5 Å². The minimum atomic E-state index is -4.39. The fourth-order valence-corrected chi connectivity index (χ4v) is 1.94. The molecule has 0 heterocycles. The molecule has 0 aliphatic heterocycles. The van der Waals surface area contributed by atoms with Gasteiger partial charge in [-0.05, 0) is 24.9 Å². The highest BCUT2D eigenvalue weighted by molar-refractivity contribution is 14.0. The molecule has 10 heteroatoms. The molecule has 0 aromatic carbocycles. The molecule has 0 saturated heterocycles. The van der Waals surface area contributed by atoms with Crippen molar-refractivity contribution in [1.82, 2.24) is 15.5 Å². The van der Waals surface area contributed by atoms with Crippen LogP contribution in [-0.4, -0.2) is 68.7 Å². The second-order valence-corrected chi connectivity index (χ2v) is 5.40. The summed E-state index contributed by atoms with van der Waals surface area (Å²) >= 11 is 1.77. The minimum absolute atomic E-state index is 0. The number of thioether (sulfide) groups is 1. The average Bonchev–Trinajstić information content (AvgIpc) is 2.39. The maximum Gasteiger partial charge on any atom is 0.406 e. The highest BCUT2D eigenvalue weighted by Crippen LogP contribution is 2.15. The van der Waals surface area contributed by atoms with Crippen LogP contribution in [0.4, 0.5) is 13.2 Å². The monoisotopic (exact) mass is 456 g/mol. The van der Waals surface area contributed by atoms with Crippen molar-refractivity contribution >= 4 is 47.6 Å². The molecule has 0 rings (SSSR count). The molecule has 0 aliphatic rings. The van der Waals surface area contributed by atoms with Gasteiger partial charge in [-0.3, -0.25) is 9.79 Å². The van der Waals surface area contributed by atoms with Gasteiger partial charge in [-0.15, -0.1) is 24.0 Å². The van der Waals surface area contributed by atoms with E-state index >= 15 is 0 Å². The van der Waals surface area contributed by atoms with Gasteiger partial charge in [0.05, 0.1) is 6.54 Å². The molecular formula is C12H24F3IN4OS. The number of guanidine groups is 1. The van der Waals surface area contributed by atoms with E-state index in [1.165, 1.54) is 0 Å². The number of unbranched alkanes of at least 4 members (excludes halogenated alkanes) is 1. The number of halogens is 4. The van der Waals surface area contributed by atoms with Crippen LogP contribution in [0.5, 0.6) is 0 Å². The molecule has 2 N–H and O–H groups in total. The van der Waals surface area contributed by atoms with Crippen LogP contribution in [0.25, 0.3) is 0 Å². The summed E-state index contributed by atoms with van der Waals surface area (Å²) in [5.41, 5.74) is 0. The van der Waals surface area contributed by atoms with E-state index in [2.05, 4.69) is 15.6 Å². The van der Waals surface area contributed by atoms with E-state index in [9.17, 15) is 18.0 Å². The SMILES string of the molecule is CN=C(NCCCCSC)NCC(=O)N(C)CC(F)(F)F.I. The Morgan fingerprint density at radius 1 is 1.27 bits per heavy atom. The fourth-order valence-electron chi connectivity index (χ4n) is 1.45. The Morgan fingerprint density at radius 3 is 2.41 bits per heavy atom. The summed E-state index contributed by atoms with van der Waals surface area (Å²) < 4.78 is 36.4. The molecule has 5 nitrogen and oxygen atoms in total. The lowest BCUT2D eigenvalue weighted by Crippen LogP contribution is -2.45. The molecule has 0 saturated carbocycles. The Labute approximate surface area is 150 Å². The topological polar surface area (TPSA) is 56.7 Å². The Bertz CT molecular complexity index is 343. The molecule has 22 heavy (non-hydrogen) atoms. The van der Waals surface area contributed by atoms with Crippen LogP contribution in [0.15, 0.2) is 4.99 Å². The third-order valence-electron chi connectivity index (χ3n) is 2.54. The van der Waals surface area contributed by atoms with Crippen LogP contribution in [0, 0.1) is 0 Å². The maximum atomic E-state index is 12.1. The zero-order valence-electron chi connectivity index (χ0n) is 13.0. The first-order valence-electron chi connectivity index (χ1n) is 6.54. The maximum absolute atomic E-state index is 12.1. The van der Waals surface area contributed by atoms with Gasteiger partial charge in [-0.2, -0.15) is 24.9 Å². The van der Waals surface area contributed by atoms with Crippen molar-refractivity contribution in [2.24, 2.45) is 4.99 Å². The largest absolute Gasteiger partial charge is 0.406 e. The lowest BCUT2D eigenvalue weighted by molar-refractivity contribution is -0.157. The molecule has 0 atom stereocenters. The number of carbonyl (C=O) groups is 1. The average molecular weight is 456 g/mol. The lowest BCUT2D eigenvalue weighted by atomic mass is 10.3. The zero-order chi connectivity index (χ0) is 16.3. The Morgan fingerprint density at radius 2 is 1.91 bits per heavy atom. The van der Waals surface area contributed by atoms with Crippen molar-refractivity contribution < 1.29 is 18.0 Å². The van der Waals surface area contributed by atoms with Gasteiger partial charge in [-0.25, -0.2) is 0 Å². The molecular weight excluding hydrogens is 432 g/mol. The lowest BCUT2D eigenvalue weighted by Gasteiger charge is -2.20. The number of hydrogen-bond donors (Lipinski definition) is 2. The first-order chi connectivity index (χ1) is 9.80. The molecule has 0 spiro atoms. The number of alkyl halides is 3.